The number of hydrogen-bond donors (Lipinski definition) is 1. The van der Waals surface area contributed by atoms with Gasteiger partial charge >= 0.3 is 0 Å². The van der Waals surface area contributed by atoms with Gasteiger partial charge < -0.3 is 5.32 Å². The van der Waals surface area contributed by atoms with Gasteiger partial charge in [0.15, 0.2) is 0 Å². The maximum atomic E-state index is 6.51. The highest BCUT2D eigenvalue weighted by molar-refractivity contribution is 6.35. The van der Waals surface area contributed by atoms with E-state index in [9.17, 15) is 0 Å². The Bertz CT molecular complexity index is 792. The summed E-state index contributed by atoms with van der Waals surface area (Å²) in [6.45, 7) is 4.45. The van der Waals surface area contributed by atoms with E-state index in [2.05, 4.69) is 55.6 Å². The molecule has 0 aromatic heterocycles. The smallest absolute Gasteiger partial charge is 0.0553 e. The van der Waals surface area contributed by atoms with E-state index in [1.54, 1.807) is 0 Å². The second kappa shape index (κ2) is 6.13. The Morgan fingerprint density at radius 1 is 1.08 bits per heavy atom. The molecule has 1 aliphatic carbocycles. The Hall–Kier alpha value is -1.44. The Morgan fingerprint density at radius 3 is 2.54 bits per heavy atom. The molecule has 0 radical (unpaired) electrons. The first-order valence-electron chi connectivity index (χ1n) is 8.56. The van der Waals surface area contributed by atoms with Crippen molar-refractivity contribution in [1.29, 1.82) is 0 Å². The van der Waals surface area contributed by atoms with Crippen LogP contribution in [0.15, 0.2) is 48.6 Å². The van der Waals surface area contributed by atoms with Gasteiger partial charge in [-0.3, -0.25) is 0 Å². The van der Waals surface area contributed by atoms with Crippen molar-refractivity contribution in [3.63, 3.8) is 0 Å². The summed E-state index contributed by atoms with van der Waals surface area (Å²) in [5.41, 5.74) is 4.97. The topological polar surface area (TPSA) is 12.0 Å². The highest BCUT2D eigenvalue weighted by Gasteiger charge is 2.39. The molecule has 2 aromatic rings. The van der Waals surface area contributed by atoms with Gasteiger partial charge in [0.2, 0.25) is 0 Å². The third-order valence-corrected chi connectivity index (χ3v) is 5.87. The van der Waals surface area contributed by atoms with E-state index in [1.165, 1.54) is 16.7 Å². The quantitative estimate of drug-likeness (QED) is 0.573. The van der Waals surface area contributed by atoms with Crippen LogP contribution in [0, 0.1) is 5.92 Å². The fraction of sp³-hybridized carbons (Fsp3) is 0.333. The van der Waals surface area contributed by atoms with E-state index in [0.29, 0.717) is 22.8 Å². The number of halogens is 2. The second-order valence-electron chi connectivity index (χ2n) is 7.15. The molecule has 1 nitrogen and oxygen atoms in total. The Labute approximate surface area is 153 Å². The zero-order valence-electron chi connectivity index (χ0n) is 13.9. The van der Waals surface area contributed by atoms with E-state index in [4.69, 9.17) is 23.2 Å². The Kier molecular flexibility index (Phi) is 4.10. The predicted octanol–water partition coefficient (Wildman–Crippen LogP) is 6.94. The van der Waals surface area contributed by atoms with Gasteiger partial charge in [-0.25, -0.2) is 0 Å². The van der Waals surface area contributed by atoms with Crippen LogP contribution in [0.3, 0.4) is 0 Å². The molecule has 0 saturated heterocycles. The molecule has 3 atom stereocenters. The van der Waals surface area contributed by atoms with Crippen molar-refractivity contribution in [2.75, 3.05) is 5.32 Å². The van der Waals surface area contributed by atoms with Crippen LogP contribution in [0.25, 0.3) is 0 Å². The van der Waals surface area contributed by atoms with Gasteiger partial charge in [0.1, 0.15) is 0 Å². The first-order chi connectivity index (χ1) is 11.5. The summed E-state index contributed by atoms with van der Waals surface area (Å²) in [4.78, 5) is 0. The number of nitrogens with one attached hydrogen (secondary N) is 1. The van der Waals surface area contributed by atoms with Crippen LogP contribution in [0.5, 0.6) is 0 Å². The summed E-state index contributed by atoms with van der Waals surface area (Å²) in [6.07, 6.45) is 5.67. The lowest BCUT2D eigenvalue weighted by molar-refractivity contribution is 0.425. The molecule has 1 N–H and O–H groups in total. The number of hydrogen-bond acceptors (Lipinski definition) is 1. The lowest BCUT2D eigenvalue weighted by Gasteiger charge is -2.38. The molecule has 3 heteroatoms. The monoisotopic (exact) mass is 357 g/mol. The maximum Gasteiger partial charge on any atom is 0.0553 e. The predicted molar refractivity (Wildman–Crippen MR) is 103 cm³/mol. The molecule has 0 bridgehead atoms. The number of anilines is 1. The minimum absolute atomic E-state index is 0.285. The third-order valence-electron chi connectivity index (χ3n) is 5.34. The average Bonchev–Trinajstić information content (AvgIpc) is 3.02. The molecule has 1 aliphatic heterocycles. The zero-order chi connectivity index (χ0) is 16.8. The van der Waals surface area contributed by atoms with Gasteiger partial charge in [-0.1, -0.05) is 73.5 Å². The summed E-state index contributed by atoms with van der Waals surface area (Å²) in [6, 6.07) is 13.2. The van der Waals surface area contributed by atoms with Gasteiger partial charge in [0, 0.05) is 27.2 Å². The van der Waals surface area contributed by atoms with Crippen LogP contribution in [-0.4, -0.2) is 0 Å². The van der Waals surface area contributed by atoms with E-state index in [0.717, 1.165) is 17.1 Å². The van der Waals surface area contributed by atoms with Gasteiger partial charge in [0.25, 0.3) is 0 Å². The van der Waals surface area contributed by atoms with Crippen molar-refractivity contribution in [2.24, 2.45) is 5.92 Å². The fourth-order valence-corrected chi connectivity index (χ4v) is 4.68. The first kappa shape index (κ1) is 16.1. The summed E-state index contributed by atoms with van der Waals surface area (Å²) < 4.78 is 0. The number of fused-ring (bicyclic) bond motifs is 3. The van der Waals surface area contributed by atoms with Crippen molar-refractivity contribution < 1.29 is 0 Å². The van der Waals surface area contributed by atoms with Crippen molar-refractivity contribution in [3.05, 3.63) is 75.3 Å². The van der Waals surface area contributed by atoms with Crippen LogP contribution in [0.1, 0.15) is 54.8 Å². The molecule has 4 rings (SSSR count). The van der Waals surface area contributed by atoms with Gasteiger partial charge in [-0.15, -0.1) is 0 Å². The van der Waals surface area contributed by atoms with Crippen LogP contribution in [0.4, 0.5) is 5.69 Å². The lowest BCUT2D eigenvalue weighted by atomic mass is 9.77. The molecule has 1 heterocycles. The second-order valence-corrected chi connectivity index (χ2v) is 7.99. The van der Waals surface area contributed by atoms with E-state index >= 15 is 0 Å². The Balaban J connectivity index is 1.75. The van der Waals surface area contributed by atoms with Gasteiger partial charge in [0.05, 0.1) is 6.04 Å². The van der Waals surface area contributed by atoms with Crippen molar-refractivity contribution >= 4 is 28.9 Å². The molecular formula is C21H21Cl2N. The third kappa shape index (κ3) is 2.64. The normalized spacial score (nSPS) is 24.6. The van der Waals surface area contributed by atoms with Crippen LogP contribution < -0.4 is 5.32 Å². The molecule has 0 unspecified atom stereocenters. The van der Waals surface area contributed by atoms with Crippen molar-refractivity contribution in [2.45, 2.75) is 38.1 Å². The molecule has 124 valence electrons. The number of allylic oxidation sites excluding steroid dienone is 2. The molecule has 0 fully saturated rings. The van der Waals surface area contributed by atoms with E-state index in [1.807, 2.05) is 12.1 Å². The van der Waals surface area contributed by atoms with E-state index in [-0.39, 0.29) is 6.04 Å². The molecule has 0 saturated carbocycles. The van der Waals surface area contributed by atoms with Crippen molar-refractivity contribution in [3.8, 4) is 0 Å². The number of benzene rings is 2. The van der Waals surface area contributed by atoms with Crippen molar-refractivity contribution in [1.82, 2.24) is 0 Å². The van der Waals surface area contributed by atoms with Crippen LogP contribution in [0.2, 0.25) is 10.0 Å². The molecular weight excluding hydrogens is 337 g/mol. The summed E-state index contributed by atoms with van der Waals surface area (Å²) in [7, 11) is 0. The summed E-state index contributed by atoms with van der Waals surface area (Å²) in [5, 5.41) is 5.15. The maximum absolute atomic E-state index is 6.51. The van der Waals surface area contributed by atoms with Gasteiger partial charge in [-0.05, 0) is 41.5 Å². The lowest BCUT2D eigenvalue weighted by Crippen LogP contribution is -2.29. The van der Waals surface area contributed by atoms with Crippen LogP contribution >= 0.6 is 23.2 Å². The molecule has 24 heavy (non-hydrogen) atoms. The zero-order valence-corrected chi connectivity index (χ0v) is 15.4. The molecule has 2 aliphatic rings. The largest absolute Gasteiger partial charge is 0.378 e. The summed E-state index contributed by atoms with van der Waals surface area (Å²) >= 11 is 12.7. The highest BCUT2D eigenvalue weighted by atomic mass is 35.5. The summed E-state index contributed by atoms with van der Waals surface area (Å²) in [5.74, 6) is 1.42. The highest BCUT2D eigenvalue weighted by Crippen LogP contribution is 2.52. The number of rotatable bonds is 2. The molecule has 0 spiro atoms. The standard InChI is InChI=1S/C21H21Cl2N/c1-12(2)13-6-8-14(9-7-13)21-17-5-3-4-16(17)20-18(23)10-15(22)11-19(20)24-21/h3-4,6-12,16-17,21,24H,5H2,1-2H3/t16-,17-,21+/m1/s1. The minimum atomic E-state index is 0.285. The van der Waals surface area contributed by atoms with Crippen LogP contribution in [-0.2, 0) is 0 Å². The SMILES string of the molecule is CC(C)c1ccc([C@@H]2Nc3cc(Cl)cc(Cl)c3[C@@H]3C=CC[C@H]32)cc1. The Morgan fingerprint density at radius 2 is 1.83 bits per heavy atom. The molecule has 2 aromatic carbocycles. The minimum Gasteiger partial charge on any atom is -0.378 e. The fourth-order valence-electron chi connectivity index (χ4n) is 4.06. The molecule has 0 amide bonds. The first-order valence-corrected chi connectivity index (χ1v) is 9.32. The van der Waals surface area contributed by atoms with Gasteiger partial charge in [-0.2, -0.15) is 0 Å². The van der Waals surface area contributed by atoms with E-state index < -0.39 is 0 Å². The average molecular weight is 358 g/mol.